The van der Waals surface area contributed by atoms with E-state index in [9.17, 15) is 0 Å². The molecule has 0 saturated heterocycles. The van der Waals surface area contributed by atoms with E-state index in [2.05, 4.69) is 36.9 Å². The smallest absolute Gasteiger partial charge is 0.184 e. The third kappa shape index (κ3) is 8.05. The van der Waals surface area contributed by atoms with Gasteiger partial charge in [-0.3, -0.25) is 0 Å². The van der Waals surface area contributed by atoms with Crippen LogP contribution < -0.4 is 0 Å². The first kappa shape index (κ1) is 9.05. The van der Waals surface area contributed by atoms with E-state index >= 15 is 0 Å². The van der Waals surface area contributed by atoms with E-state index in [1.165, 1.54) is 0 Å². The van der Waals surface area contributed by atoms with Crippen molar-refractivity contribution in [2.45, 2.75) is 19.6 Å². The first-order valence-electron chi connectivity index (χ1n) is 2.89. The summed E-state index contributed by atoms with van der Waals surface area (Å²) in [6, 6.07) is 0. The average molecular weight is 160 g/mol. The molecule has 0 aromatic heterocycles. The van der Waals surface area contributed by atoms with Crippen LogP contribution in [-0.4, -0.2) is 19.9 Å². The van der Waals surface area contributed by atoms with Crippen LogP contribution in [0.1, 0.15) is 0 Å². The lowest BCUT2D eigenvalue weighted by Gasteiger charge is -2.14. The Labute approximate surface area is 62.9 Å². The molecule has 3 heteroatoms. The van der Waals surface area contributed by atoms with Gasteiger partial charge in [0.2, 0.25) is 0 Å². The molecule has 0 aromatic rings. The van der Waals surface area contributed by atoms with Crippen molar-refractivity contribution in [2.75, 3.05) is 6.61 Å². The van der Waals surface area contributed by atoms with Gasteiger partial charge in [-0.2, -0.15) is 0 Å². The van der Waals surface area contributed by atoms with Crippen molar-refractivity contribution < 1.29 is 4.43 Å². The number of thiocarbonyl (C=S) groups is 1. The van der Waals surface area contributed by atoms with Crippen LogP contribution in [0.4, 0.5) is 0 Å². The Morgan fingerprint density at radius 3 is 2.44 bits per heavy atom. The molecule has 9 heavy (non-hydrogen) atoms. The maximum Gasteiger partial charge on any atom is 0.184 e. The Hall–Kier alpha value is 0.0469. The van der Waals surface area contributed by atoms with Gasteiger partial charge in [0.25, 0.3) is 0 Å². The van der Waals surface area contributed by atoms with Crippen molar-refractivity contribution in [2.24, 2.45) is 0 Å². The summed E-state index contributed by atoms with van der Waals surface area (Å²) in [4.78, 5) is 0. The predicted octanol–water partition coefficient (Wildman–Crippen LogP) is 1.99. The van der Waals surface area contributed by atoms with E-state index < -0.39 is 8.32 Å². The molecule has 1 nitrogen and oxygen atoms in total. The maximum absolute atomic E-state index is 5.42. The summed E-state index contributed by atoms with van der Waals surface area (Å²) in [5.41, 5.74) is 0. The summed E-state index contributed by atoms with van der Waals surface area (Å²) in [6.07, 6.45) is 1.73. The van der Waals surface area contributed by atoms with Crippen LogP contribution >= 0.6 is 12.2 Å². The van der Waals surface area contributed by atoms with Crippen molar-refractivity contribution in [1.29, 1.82) is 0 Å². The molecular weight excluding hydrogens is 148 g/mol. The van der Waals surface area contributed by atoms with E-state index in [1.807, 2.05) is 0 Å². The Morgan fingerprint density at radius 1 is 1.56 bits per heavy atom. The van der Waals surface area contributed by atoms with E-state index in [4.69, 9.17) is 4.43 Å². The van der Waals surface area contributed by atoms with Crippen LogP contribution in [0.25, 0.3) is 0 Å². The van der Waals surface area contributed by atoms with Crippen molar-refractivity contribution in [1.82, 2.24) is 0 Å². The van der Waals surface area contributed by atoms with E-state index in [0.29, 0.717) is 6.61 Å². The minimum absolute atomic E-state index is 0.624. The quantitative estimate of drug-likeness (QED) is 0.461. The highest BCUT2D eigenvalue weighted by Gasteiger charge is 2.11. The summed E-state index contributed by atoms with van der Waals surface area (Å²) in [5, 5.41) is 2.50. The van der Waals surface area contributed by atoms with Crippen LogP contribution in [0.5, 0.6) is 0 Å². The molecule has 0 bridgehead atoms. The highest BCUT2D eigenvalue weighted by molar-refractivity contribution is 7.78. The Morgan fingerprint density at radius 2 is 2.11 bits per heavy atom. The maximum atomic E-state index is 5.42. The summed E-state index contributed by atoms with van der Waals surface area (Å²) >= 11 is 4.47. The molecule has 0 atom stereocenters. The molecule has 0 amide bonds. The normalized spacial score (nSPS) is 10.6. The van der Waals surface area contributed by atoms with Crippen molar-refractivity contribution in [3.05, 3.63) is 6.08 Å². The largest absolute Gasteiger partial charge is 0.413 e. The van der Waals surface area contributed by atoms with Crippen molar-refractivity contribution >= 4 is 25.6 Å². The highest BCUT2D eigenvalue weighted by atomic mass is 32.1. The summed E-state index contributed by atoms with van der Waals surface area (Å²) in [6.45, 7) is 7.05. The van der Waals surface area contributed by atoms with Crippen molar-refractivity contribution in [3.63, 3.8) is 0 Å². The van der Waals surface area contributed by atoms with E-state index in [1.54, 1.807) is 6.08 Å². The fourth-order valence-electron chi connectivity index (χ4n) is 0.326. The van der Waals surface area contributed by atoms with Crippen LogP contribution in [0.15, 0.2) is 6.08 Å². The zero-order valence-corrected chi connectivity index (χ0v) is 7.92. The lowest BCUT2D eigenvalue weighted by atomic mass is 10.7. The van der Waals surface area contributed by atoms with Gasteiger partial charge < -0.3 is 4.43 Å². The molecule has 0 aliphatic heterocycles. The highest BCUT2D eigenvalue weighted by Crippen LogP contribution is 2.00. The SMILES string of the molecule is C[Si](C)(C)OCC=C=S. The first-order chi connectivity index (χ1) is 4.06. The second-order valence-corrected chi connectivity index (χ2v) is 7.49. The number of hydrogen-bond donors (Lipinski definition) is 0. The molecule has 0 heterocycles. The Balaban J connectivity index is 3.39. The molecule has 0 saturated carbocycles. The standard InChI is InChI=1S/C6H12OSSi/c1-9(2,3)7-5-4-6-8/h4H,5H2,1-3H3. The van der Waals surface area contributed by atoms with Gasteiger partial charge in [0, 0.05) is 0 Å². The van der Waals surface area contributed by atoms with Gasteiger partial charge in [0.1, 0.15) is 0 Å². The van der Waals surface area contributed by atoms with E-state index in [-0.39, 0.29) is 0 Å². The van der Waals surface area contributed by atoms with Gasteiger partial charge in [-0.15, -0.1) is 0 Å². The lowest BCUT2D eigenvalue weighted by Crippen LogP contribution is -2.25. The molecule has 0 fully saturated rings. The second-order valence-electron chi connectivity index (χ2n) is 2.75. The molecule has 0 aromatic carbocycles. The lowest BCUT2D eigenvalue weighted by molar-refractivity contribution is 0.359. The van der Waals surface area contributed by atoms with Crippen LogP contribution in [0.3, 0.4) is 0 Å². The third-order valence-electron chi connectivity index (χ3n) is 0.683. The number of hydrogen-bond acceptors (Lipinski definition) is 2. The monoisotopic (exact) mass is 160 g/mol. The zero-order valence-electron chi connectivity index (χ0n) is 6.10. The van der Waals surface area contributed by atoms with Crippen LogP contribution in [0.2, 0.25) is 19.6 Å². The second kappa shape index (κ2) is 3.96. The average Bonchev–Trinajstić information content (AvgIpc) is 1.63. The predicted molar refractivity (Wildman–Crippen MR) is 46.5 cm³/mol. The molecule has 0 unspecified atom stereocenters. The molecule has 0 aliphatic rings. The Bertz CT molecular complexity index is 122. The fraction of sp³-hybridized carbons (Fsp3) is 0.667. The van der Waals surface area contributed by atoms with Crippen molar-refractivity contribution in [3.8, 4) is 0 Å². The Kier molecular flexibility index (Phi) is 3.98. The molecule has 0 radical (unpaired) electrons. The van der Waals surface area contributed by atoms with E-state index in [0.717, 1.165) is 0 Å². The minimum Gasteiger partial charge on any atom is -0.413 e. The third-order valence-corrected chi connectivity index (χ3v) is 1.88. The summed E-state index contributed by atoms with van der Waals surface area (Å²) in [7, 11) is -1.31. The molecule has 0 aliphatic carbocycles. The van der Waals surface area contributed by atoms with Crippen LogP contribution in [0, 0.1) is 0 Å². The van der Waals surface area contributed by atoms with Gasteiger partial charge in [0.05, 0.1) is 6.61 Å². The summed E-state index contributed by atoms with van der Waals surface area (Å²) < 4.78 is 5.42. The molecule has 0 spiro atoms. The molecule has 0 rings (SSSR count). The van der Waals surface area contributed by atoms with Crippen LogP contribution in [-0.2, 0) is 4.43 Å². The minimum atomic E-state index is -1.31. The van der Waals surface area contributed by atoms with Gasteiger partial charge >= 0.3 is 0 Å². The topological polar surface area (TPSA) is 9.23 Å². The molecule has 0 N–H and O–H groups in total. The summed E-state index contributed by atoms with van der Waals surface area (Å²) in [5.74, 6) is 0. The van der Waals surface area contributed by atoms with Gasteiger partial charge in [-0.05, 0) is 43.0 Å². The zero-order chi connectivity index (χ0) is 7.33. The van der Waals surface area contributed by atoms with Gasteiger partial charge in [0.15, 0.2) is 8.32 Å². The molecular formula is C6H12OSSi. The van der Waals surface area contributed by atoms with Gasteiger partial charge in [-0.1, -0.05) is 0 Å². The van der Waals surface area contributed by atoms with Gasteiger partial charge in [-0.25, -0.2) is 0 Å². The fourth-order valence-corrected chi connectivity index (χ4v) is 0.977. The number of rotatable bonds is 3. The molecule has 52 valence electrons. The first-order valence-corrected chi connectivity index (χ1v) is 6.71.